The van der Waals surface area contributed by atoms with Gasteiger partial charge in [-0.15, -0.1) is 0 Å². The molecule has 0 N–H and O–H groups in total. The lowest BCUT2D eigenvalue weighted by molar-refractivity contribution is 0.0432. The van der Waals surface area contributed by atoms with Gasteiger partial charge in [0.15, 0.2) is 6.61 Å². The summed E-state index contributed by atoms with van der Waals surface area (Å²) >= 11 is 0. The second-order valence-corrected chi connectivity index (χ2v) is 6.91. The molecule has 0 radical (unpaired) electrons. The average molecular weight is 394 g/mol. The van der Waals surface area contributed by atoms with Crippen molar-refractivity contribution in [3.05, 3.63) is 59.0 Å². The standard InChI is InChI=1S/C20H15FN4O4/c1-10-17-14(8-15(11-2-3-11)22-19(17)29-24-10)20(26)27-9-16-23-18(25-28-16)12-4-6-13(21)7-5-12/h4-8,11H,2-3,9H2,1H3. The molecule has 4 aromatic rings. The van der Waals surface area contributed by atoms with Crippen LogP contribution in [0.1, 0.15) is 46.4 Å². The predicted molar refractivity (Wildman–Crippen MR) is 97.3 cm³/mol. The van der Waals surface area contributed by atoms with Gasteiger partial charge in [-0.05, 0) is 50.1 Å². The number of pyridine rings is 1. The Morgan fingerprint density at radius 1 is 1.17 bits per heavy atom. The number of esters is 1. The van der Waals surface area contributed by atoms with E-state index in [-0.39, 0.29) is 24.1 Å². The number of fused-ring (bicyclic) bond motifs is 1. The zero-order valence-electron chi connectivity index (χ0n) is 15.4. The van der Waals surface area contributed by atoms with E-state index in [0.717, 1.165) is 18.5 Å². The highest BCUT2D eigenvalue weighted by atomic mass is 19.1. The van der Waals surface area contributed by atoms with Gasteiger partial charge in [0.25, 0.3) is 11.6 Å². The van der Waals surface area contributed by atoms with E-state index in [9.17, 15) is 9.18 Å². The molecule has 146 valence electrons. The minimum atomic E-state index is -0.549. The lowest BCUT2D eigenvalue weighted by Gasteiger charge is -2.05. The van der Waals surface area contributed by atoms with Crippen LogP contribution in [0.25, 0.3) is 22.5 Å². The summed E-state index contributed by atoms with van der Waals surface area (Å²) in [6.45, 7) is 1.55. The molecule has 3 heterocycles. The number of rotatable bonds is 5. The molecule has 3 aromatic heterocycles. The quantitative estimate of drug-likeness (QED) is 0.469. The van der Waals surface area contributed by atoms with Gasteiger partial charge in [0.1, 0.15) is 5.82 Å². The molecule has 9 heteroatoms. The van der Waals surface area contributed by atoms with Gasteiger partial charge in [0, 0.05) is 17.2 Å². The number of hydrogen-bond acceptors (Lipinski definition) is 8. The molecule has 0 bridgehead atoms. The molecule has 0 atom stereocenters. The number of benzene rings is 1. The van der Waals surface area contributed by atoms with Crippen molar-refractivity contribution >= 4 is 17.1 Å². The monoisotopic (exact) mass is 394 g/mol. The average Bonchev–Trinajstić information content (AvgIpc) is 3.37. The molecule has 0 saturated heterocycles. The van der Waals surface area contributed by atoms with Gasteiger partial charge in [-0.1, -0.05) is 10.3 Å². The van der Waals surface area contributed by atoms with Crippen LogP contribution >= 0.6 is 0 Å². The molecular formula is C20H15FN4O4. The Labute approximate surface area is 163 Å². The number of hydrogen-bond donors (Lipinski definition) is 0. The summed E-state index contributed by atoms with van der Waals surface area (Å²) in [4.78, 5) is 21.4. The molecular weight excluding hydrogens is 379 g/mol. The van der Waals surface area contributed by atoms with Gasteiger partial charge in [-0.3, -0.25) is 0 Å². The molecule has 1 saturated carbocycles. The number of aromatic nitrogens is 4. The van der Waals surface area contributed by atoms with Gasteiger partial charge >= 0.3 is 5.97 Å². The van der Waals surface area contributed by atoms with E-state index in [2.05, 4.69) is 20.3 Å². The SMILES string of the molecule is Cc1noc2nc(C3CC3)cc(C(=O)OCc3nc(-c4ccc(F)cc4)no3)c12. The van der Waals surface area contributed by atoms with E-state index in [0.29, 0.717) is 33.8 Å². The minimum absolute atomic E-state index is 0.132. The third kappa shape index (κ3) is 3.35. The van der Waals surface area contributed by atoms with Crippen molar-refractivity contribution in [3.8, 4) is 11.4 Å². The summed E-state index contributed by atoms with van der Waals surface area (Å²) in [5.74, 6) is -0.150. The summed E-state index contributed by atoms with van der Waals surface area (Å²) in [7, 11) is 0. The Balaban J connectivity index is 1.36. The van der Waals surface area contributed by atoms with Crippen molar-refractivity contribution in [2.24, 2.45) is 0 Å². The van der Waals surface area contributed by atoms with E-state index >= 15 is 0 Å². The molecule has 0 amide bonds. The third-order valence-electron chi connectivity index (χ3n) is 4.75. The Morgan fingerprint density at radius 3 is 2.72 bits per heavy atom. The van der Waals surface area contributed by atoms with Crippen LogP contribution in [0.4, 0.5) is 4.39 Å². The summed E-state index contributed by atoms with van der Waals surface area (Å²) in [5, 5.41) is 8.28. The Bertz CT molecular complexity index is 1210. The maximum Gasteiger partial charge on any atom is 0.339 e. The van der Waals surface area contributed by atoms with Crippen LogP contribution in [0.3, 0.4) is 0 Å². The first-order valence-electron chi connectivity index (χ1n) is 9.11. The van der Waals surface area contributed by atoms with Crippen LogP contribution in [-0.2, 0) is 11.3 Å². The van der Waals surface area contributed by atoms with Crippen LogP contribution in [-0.4, -0.2) is 26.3 Å². The number of ether oxygens (including phenoxy) is 1. The van der Waals surface area contributed by atoms with Crippen LogP contribution in [0.15, 0.2) is 39.4 Å². The van der Waals surface area contributed by atoms with Crippen LogP contribution in [0.2, 0.25) is 0 Å². The minimum Gasteiger partial charge on any atom is -0.452 e. The fraction of sp³-hybridized carbons (Fsp3) is 0.250. The Morgan fingerprint density at radius 2 is 1.97 bits per heavy atom. The van der Waals surface area contributed by atoms with Crippen molar-refractivity contribution in [1.29, 1.82) is 0 Å². The van der Waals surface area contributed by atoms with E-state index in [1.165, 1.54) is 24.3 Å². The smallest absolute Gasteiger partial charge is 0.339 e. The topological polar surface area (TPSA) is 104 Å². The molecule has 5 rings (SSSR count). The van der Waals surface area contributed by atoms with Crippen molar-refractivity contribution in [1.82, 2.24) is 20.3 Å². The molecule has 1 fully saturated rings. The van der Waals surface area contributed by atoms with E-state index in [1.807, 2.05) is 0 Å². The maximum atomic E-state index is 13.0. The summed E-state index contributed by atoms with van der Waals surface area (Å²) in [5.41, 5.74) is 2.65. The highest BCUT2D eigenvalue weighted by Crippen LogP contribution is 2.40. The van der Waals surface area contributed by atoms with Crippen LogP contribution < -0.4 is 0 Å². The molecule has 0 unspecified atom stereocenters. The van der Waals surface area contributed by atoms with Gasteiger partial charge in [0.2, 0.25) is 5.82 Å². The zero-order valence-corrected chi connectivity index (χ0v) is 15.4. The van der Waals surface area contributed by atoms with Crippen LogP contribution in [0.5, 0.6) is 0 Å². The van der Waals surface area contributed by atoms with Crippen molar-refractivity contribution in [2.45, 2.75) is 32.3 Å². The van der Waals surface area contributed by atoms with Crippen molar-refractivity contribution in [2.75, 3.05) is 0 Å². The number of carbonyl (C=O) groups is 1. The zero-order chi connectivity index (χ0) is 20.0. The van der Waals surface area contributed by atoms with Gasteiger partial charge < -0.3 is 13.8 Å². The normalized spacial score (nSPS) is 13.7. The van der Waals surface area contributed by atoms with Crippen molar-refractivity contribution < 1.29 is 23.0 Å². The lowest BCUT2D eigenvalue weighted by Crippen LogP contribution is -2.08. The second-order valence-electron chi connectivity index (χ2n) is 6.91. The molecule has 1 aliphatic rings. The Kier molecular flexibility index (Phi) is 4.08. The highest BCUT2D eigenvalue weighted by Gasteiger charge is 2.29. The third-order valence-corrected chi connectivity index (χ3v) is 4.75. The first kappa shape index (κ1) is 17.5. The maximum absolute atomic E-state index is 13.0. The fourth-order valence-corrected chi connectivity index (χ4v) is 3.10. The number of halogens is 1. The van der Waals surface area contributed by atoms with Gasteiger partial charge in [-0.25, -0.2) is 14.2 Å². The summed E-state index contributed by atoms with van der Waals surface area (Å²) < 4.78 is 28.8. The summed E-state index contributed by atoms with van der Waals surface area (Å²) in [6.07, 6.45) is 2.07. The Hall–Kier alpha value is -3.62. The first-order valence-corrected chi connectivity index (χ1v) is 9.11. The molecule has 0 aliphatic heterocycles. The van der Waals surface area contributed by atoms with E-state index in [4.69, 9.17) is 13.8 Å². The van der Waals surface area contributed by atoms with E-state index < -0.39 is 5.97 Å². The van der Waals surface area contributed by atoms with Gasteiger partial charge in [0.05, 0.1) is 16.6 Å². The molecule has 1 aliphatic carbocycles. The molecule has 8 nitrogen and oxygen atoms in total. The molecule has 0 spiro atoms. The highest BCUT2D eigenvalue weighted by molar-refractivity contribution is 6.03. The number of carbonyl (C=O) groups excluding carboxylic acids is 1. The van der Waals surface area contributed by atoms with Crippen LogP contribution in [0, 0.1) is 12.7 Å². The molecule has 29 heavy (non-hydrogen) atoms. The first-order chi connectivity index (χ1) is 14.1. The van der Waals surface area contributed by atoms with Gasteiger partial charge in [-0.2, -0.15) is 4.98 Å². The van der Waals surface area contributed by atoms with E-state index in [1.54, 1.807) is 13.0 Å². The second kappa shape index (κ2) is 6.77. The molecule has 1 aromatic carbocycles. The fourth-order valence-electron chi connectivity index (χ4n) is 3.10. The van der Waals surface area contributed by atoms with Crippen molar-refractivity contribution in [3.63, 3.8) is 0 Å². The number of nitrogens with zero attached hydrogens (tertiary/aromatic N) is 4. The predicted octanol–water partition coefficient (Wildman–Crippen LogP) is 3.95. The summed E-state index contributed by atoms with van der Waals surface area (Å²) in [6, 6.07) is 7.43. The number of aryl methyl sites for hydroxylation is 1. The lowest BCUT2D eigenvalue weighted by atomic mass is 10.1. The largest absolute Gasteiger partial charge is 0.452 e.